The molecule has 0 spiro atoms. The van der Waals surface area contributed by atoms with Crippen molar-refractivity contribution in [1.82, 2.24) is 0 Å². The van der Waals surface area contributed by atoms with Crippen LogP contribution < -0.4 is 0 Å². The highest BCUT2D eigenvalue weighted by Gasteiger charge is 2.10. The monoisotopic (exact) mass is 179 g/mol. The molecule has 1 aromatic carbocycles. The molecule has 13 heavy (non-hydrogen) atoms. The zero-order valence-corrected chi connectivity index (χ0v) is 6.41. The molecule has 0 atom stereocenters. The molecule has 0 radical (unpaired) electrons. The number of hydrogen-bond donors (Lipinski definition) is 1. The lowest BCUT2D eigenvalue weighted by molar-refractivity contribution is 0.0503. The number of phenolic OH excluding ortho intramolecular Hbond substituents is 1. The fourth-order valence-electron chi connectivity index (χ4n) is 0.751. The van der Waals surface area contributed by atoms with E-state index in [0.29, 0.717) is 0 Å². The molecule has 0 saturated carbocycles. The van der Waals surface area contributed by atoms with Gasteiger partial charge in [0.05, 0.1) is 0 Å². The summed E-state index contributed by atoms with van der Waals surface area (Å²) in [6.45, 7) is 0. The van der Waals surface area contributed by atoms with Crippen molar-refractivity contribution in [2.75, 3.05) is 0 Å². The van der Waals surface area contributed by atoms with Gasteiger partial charge < -0.3 is 9.94 Å². The summed E-state index contributed by atoms with van der Waals surface area (Å²) >= 11 is 0. The second kappa shape index (κ2) is 3.99. The van der Waals surface area contributed by atoms with E-state index in [0.717, 1.165) is 0 Å². The number of carbonyl (C=O) groups is 1. The predicted molar refractivity (Wildman–Crippen MR) is 42.7 cm³/mol. The van der Waals surface area contributed by atoms with Crippen LogP contribution in [0.5, 0.6) is 5.75 Å². The zero-order chi connectivity index (χ0) is 9.68. The van der Waals surface area contributed by atoms with Crippen LogP contribution in [0, 0.1) is 0 Å². The highest BCUT2D eigenvalue weighted by atomic mass is 16.7. The predicted octanol–water partition coefficient (Wildman–Crippen LogP) is 1.77. The Balaban J connectivity index is 2.88. The quantitative estimate of drug-likeness (QED) is 0.324. The van der Waals surface area contributed by atoms with Crippen LogP contribution in [0.1, 0.15) is 10.4 Å². The first kappa shape index (κ1) is 8.89. The van der Waals surface area contributed by atoms with Gasteiger partial charge in [0, 0.05) is 4.91 Å². The molecule has 0 bridgehead atoms. The van der Waals surface area contributed by atoms with Crippen molar-refractivity contribution in [1.29, 1.82) is 0 Å². The standard InChI is InChI=1S/C7H5N3O3/c8-9-10-13-7(12)5-3-1-2-4-6(5)11/h1-4,11H. The Bertz CT molecular complexity index is 371. The SMILES string of the molecule is [N-]=[N+]=NOC(=O)c1ccccc1O. The highest BCUT2D eigenvalue weighted by Crippen LogP contribution is 2.16. The Kier molecular flexibility index (Phi) is 2.73. The van der Waals surface area contributed by atoms with E-state index in [2.05, 4.69) is 15.0 Å². The van der Waals surface area contributed by atoms with Gasteiger partial charge in [0.1, 0.15) is 16.6 Å². The average Bonchev–Trinajstić information content (AvgIpc) is 2.15. The van der Waals surface area contributed by atoms with Crippen LogP contribution in [0.25, 0.3) is 10.4 Å². The van der Waals surface area contributed by atoms with Crippen molar-refractivity contribution < 1.29 is 14.7 Å². The van der Waals surface area contributed by atoms with Gasteiger partial charge in [-0.25, -0.2) is 4.79 Å². The Labute approximate surface area is 73.0 Å². The van der Waals surface area contributed by atoms with Crippen LogP contribution in [0.2, 0.25) is 0 Å². The number of benzene rings is 1. The van der Waals surface area contributed by atoms with Gasteiger partial charge in [0.2, 0.25) is 0 Å². The Morgan fingerprint density at radius 2 is 2.23 bits per heavy atom. The van der Waals surface area contributed by atoms with E-state index in [1.54, 1.807) is 12.1 Å². The van der Waals surface area contributed by atoms with E-state index in [1.165, 1.54) is 12.1 Å². The molecule has 0 heterocycles. The van der Waals surface area contributed by atoms with Gasteiger partial charge in [-0.05, 0) is 17.7 Å². The summed E-state index contributed by atoms with van der Waals surface area (Å²) in [5.74, 6) is -1.11. The van der Waals surface area contributed by atoms with Gasteiger partial charge in [-0.1, -0.05) is 12.1 Å². The molecule has 1 N–H and O–H groups in total. The third-order valence-electron chi connectivity index (χ3n) is 1.28. The number of para-hydroxylation sites is 1. The first-order valence-corrected chi connectivity index (χ1v) is 3.29. The molecule has 0 unspecified atom stereocenters. The van der Waals surface area contributed by atoms with Crippen molar-refractivity contribution in [3.8, 4) is 5.75 Å². The molecule has 0 aliphatic heterocycles. The maximum absolute atomic E-state index is 11.0. The smallest absolute Gasteiger partial charge is 0.353 e. The number of carbonyl (C=O) groups excluding carboxylic acids is 1. The van der Waals surface area contributed by atoms with Gasteiger partial charge in [-0.2, -0.15) is 0 Å². The number of azide groups is 1. The molecular weight excluding hydrogens is 174 g/mol. The van der Waals surface area contributed by atoms with Gasteiger partial charge in [0.25, 0.3) is 0 Å². The maximum Gasteiger partial charge on any atom is 0.353 e. The third-order valence-corrected chi connectivity index (χ3v) is 1.28. The van der Waals surface area contributed by atoms with E-state index in [9.17, 15) is 4.79 Å². The summed E-state index contributed by atoms with van der Waals surface area (Å²) in [6, 6.07) is 5.78. The van der Waals surface area contributed by atoms with Gasteiger partial charge >= 0.3 is 5.97 Å². The Hall–Kier alpha value is -2.20. The van der Waals surface area contributed by atoms with Crippen molar-refractivity contribution >= 4 is 5.97 Å². The van der Waals surface area contributed by atoms with Gasteiger partial charge in [-0.3, -0.25) is 0 Å². The molecule has 0 amide bonds. The molecule has 0 fully saturated rings. The van der Waals surface area contributed by atoms with Crippen molar-refractivity contribution in [3.05, 3.63) is 40.3 Å². The van der Waals surface area contributed by atoms with Crippen molar-refractivity contribution in [3.63, 3.8) is 0 Å². The average molecular weight is 179 g/mol. The minimum atomic E-state index is -0.893. The van der Waals surface area contributed by atoms with Crippen molar-refractivity contribution in [2.45, 2.75) is 0 Å². The zero-order valence-electron chi connectivity index (χ0n) is 6.41. The summed E-state index contributed by atoms with van der Waals surface area (Å²) in [6.07, 6.45) is 0. The number of nitrogens with zero attached hydrogens (tertiary/aromatic N) is 3. The van der Waals surface area contributed by atoms with Crippen LogP contribution >= 0.6 is 0 Å². The van der Waals surface area contributed by atoms with Crippen LogP contribution in [-0.2, 0) is 4.84 Å². The maximum atomic E-state index is 11.0. The Morgan fingerprint density at radius 1 is 1.54 bits per heavy atom. The summed E-state index contributed by atoms with van der Waals surface area (Å²) in [5, 5.41) is 11.8. The summed E-state index contributed by atoms with van der Waals surface area (Å²) < 4.78 is 0. The molecule has 0 saturated heterocycles. The molecule has 1 aromatic rings. The third kappa shape index (κ3) is 2.11. The van der Waals surface area contributed by atoms with Crippen LogP contribution in [0.3, 0.4) is 0 Å². The van der Waals surface area contributed by atoms with E-state index in [-0.39, 0.29) is 11.3 Å². The number of phenols is 1. The summed E-state index contributed by atoms with van der Waals surface area (Å²) in [5.41, 5.74) is 7.80. The van der Waals surface area contributed by atoms with Crippen molar-refractivity contribution in [2.24, 2.45) is 5.28 Å². The minimum absolute atomic E-state index is 0.0464. The molecule has 0 aromatic heterocycles. The fourth-order valence-corrected chi connectivity index (χ4v) is 0.751. The lowest BCUT2D eigenvalue weighted by Gasteiger charge is -1.98. The largest absolute Gasteiger partial charge is 0.507 e. The fraction of sp³-hybridized carbons (Fsp3) is 0. The first-order valence-electron chi connectivity index (χ1n) is 3.29. The minimum Gasteiger partial charge on any atom is -0.507 e. The van der Waals surface area contributed by atoms with Crippen LogP contribution in [0.15, 0.2) is 29.5 Å². The summed E-state index contributed by atoms with van der Waals surface area (Å²) in [7, 11) is 0. The van der Waals surface area contributed by atoms with E-state index in [4.69, 9.17) is 10.6 Å². The molecule has 66 valence electrons. The number of hydrogen-bond acceptors (Lipinski definition) is 4. The molecule has 0 aliphatic carbocycles. The molecule has 0 aliphatic rings. The van der Waals surface area contributed by atoms with E-state index >= 15 is 0 Å². The second-order valence-electron chi connectivity index (χ2n) is 2.07. The topological polar surface area (TPSA) is 95.3 Å². The van der Waals surface area contributed by atoms with Gasteiger partial charge in [0.15, 0.2) is 0 Å². The normalized spacial score (nSPS) is 8.62. The molecule has 6 nitrogen and oxygen atoms in total. The number of rotatable bonds is 2. The Morgan fingerprint density at radius 3 is 2.85 bits per heavy atom. The molecule has 1 rings (SSSR count). The van der Waals surface area contributed by atoms with Gasteiger partial charge in [-0.15, -0.1) is 0 Å². The number of aromatic hydroxyl groups is 1. The van der Waals surface area contributed by atoms with E-state index in [1.807, 2.05) is 0 Å². The van der Waals surface area contributed by atoms with Crippen LogP contribution in [0.4, 0.5) is 0 Å². The van der Waals surface area contributed by atoms with Crippen LogP contribution in [-0.4, -0.2) is 11.1 Å². The molecule has 6 heteroatoms. The second-order valence-corrected chi connectivity index (χ2v) is 2.07. The first-order chi connectivity index (χ1) is 6.25. The highest BCUT2D eigenvalue weighted by molar-refractivity contribution is 5.92. The lowest BCUT2D eigenvalue weighted by atomic mass is 10.2. The lowest BCUT2D eigenvalue weighted by Crippen LogP contribution is -1.99. The molecular formula is C7H5N3O3. The summed E-state index contributed by atoms with van der Waals surface area (Å²) in [4.78, 5) is 17.3. The van der Waals surface area contributed by atoms with E-state index < -0.39 is 5.97 Å².